The molecule has 0 saturated heterocycles. The van der Waals surface area contributed by atoms with E-state index in [-0.39, 0.29) is 23.1 Å². The van der Waals surface area contributed by atoms with Crippen LogP contribution < -0.4 is 5.43 Å². The average Bonchev–Trinajstić information content (AvgIpc) is 3.07. The van der Waals surface area contributed by atoms with E-state index in [2.05, 4.69) is 20.7 Å². The molecule has 0 spiro atoms. The number of phenolic OH excluding ortho intramolecular Hbond substituents is 1. The normalized spacial score (nSPS) is 10.9. The van der Waals surface area contributed by atoms with Crippen LogP contribution in [-0.4, -0.2) is 42.7 Å². The molecule has 0 aliphatic rings. The maximum absolute atomic E-state index is 12.0. The minimum Gasteiger partial charge on any atom is -0.508 e. The van der Waals surface area contributed by atoms with Gasteiger partial charge in [0.25, 0.3) is 11.6 Å². The quantitative estimate of drug-likeness (QED) is 0.263. The molecule has 0 fully saturated rings. The van der Waals surface area contributed by atoms with Crippen LogP contribution in [0.1, 0.15) is 5.56 Å². The van der Waals surface area contributed by atoms with E-state index in [0.29, 0.717) is 22.1 Å². The predicted molar refractivity (Wildman–Crippen MR) is 108 cm³/mol. The van der Waals surface area contributed by atoms with Crippen molar-refractivity contribution in [2.45, 2.75) is 5.16 Å². The third kappa shape index (κ3) is 5.17. The second-order valence-corrected chi connectivity index (χ2v) is 6.79. The predicted octanol–water partition coefficient (Wildman–Crippen LogP) is 2.34. The number of nitro benzene ring substituents is 1. The third-order valence-electron chi connectivity index (χ3n) is 3.76. The second-order valence-electron chi connectivity index (χ2n) is 5.85. The van der Waals surface area contributed by atoms with Gasteiger partial charge in [0.05, 0.1) is 16.9 Å². The molecule has 0 aliphatic heterocycles. The van der Waals surface area contributed by atoms with Gasteiger partial charge in [0.2, 0.25) is 0 Å². The maximum atomic E-state index is 12.0. The van der Waals surface area contributed by atoms with Gasteiger partial charge in [0.1, 0.15) is 5.75 Å². The molecular weight excluding hydrogens is 396 g/mol. The van der Waals surface area contributed by atoms with Crippen molar-refractivity contribution >= 4 is 29.6 Å². The number of thioether (sulfide) groups is 1. The van der Waals surface area contributed by atoms with Crippen molar-refractivity contribution in [3.05, 3.63) is 64.2 Å². The first-order valence-corrected chi connectivity index (χ1v) is 9.30. The Bertz CT molecular complexity index is 1080. The number of nitro groups is 1. The molecule has 0 radical (unpaired) electrons. The number of hydrogen-bond donors (Lipinski definition) is 2. The van der Waals surface area contributed by atoms with Crippen molar-refractivity contribution in [3.63, 3.8) is 0 Å². The molecule has 11 heteroatoms. The fraction of sp³-hybridized carbons (Fsp3) is 0.111. The van der Waals surface area contributed by atoms with Gasteiger partial charge in [0.15, 0.2) is 11.0 Å². The number of non-ortho nitro benzene ring substituents is 1. The molecule has 148 valence electrons. The van der Waals surface area contributed by atoms with Gasteiger partial charge in [-0.2, -0.15) is 5.10 Å². The van der Waals surface area contributed by atoms with Crippen LogP contribution in [0.25, 0.3) is 11.4 Å². The molecule has 10 nitrogen and oxygen atoms in total. The number of nitrogens with zero attached hydrogens (tertiary/aromatic N) is 5. The number of hydrogen-bond acceptors (Lipinski definition) is 8. The lowest BCUT2D eigenvalue weighted by atomic mass is 10.2. The number of carbonyl (C=O) groups excluding carboxylic acids is 1. The highest BCUT2D eigenvalue weighted by Gasteiger charge is 2.15. The minimum absolute atomic E-state index is 0.0383. The summed E-state index contributed by atoms with van der Waals surface area (Å²) in [6.07, 6.45) is 1.42. The first-order chi connectivity index (χ1) is 13.9. The van der Waals surface area contributed by atoms with Gasteiger partial charge in [-0.3, -0.25) is 14.9 Å². The first kappa shape index (κ1) is 20.0. The topological polar surface area (TPSA) is 136 Å². The standard InChI is InChI=1S/C18H16N6O4S/c1-23-17(13-5-3-6-14(9-13)24(27)28)21-22-18(23)29-11-16(26)20-19-10-12-4-2-7-15(25)8-12/h2-10,25H,11H2,1H3,(H,20,26)/b19-10+. The lowest BCUT2D eigenvalue weighted by Crippen LogP contribution is -2.19. The van der Waals surface area contributed by atoms with Gasteiger partial charge in [-0.25, -0.2) is 5.43 Å². The summed E-state index contributed by atoms with van der Waals surface area (Å²) in [5.41, 5.74) is 3.56. The van der Waals surface area contributed by atoms with Gasteiger partial charge in [-0.05, 0) is 17.7 Å². The van der Waals surface area contributed by atoms with Crippen LogP contribution in [0.4, 0.5) is 5.69 Å². The maximum Gasteiger partial charge on any atom is 0.270 e. The molecule has 2 N–H and O–H groups in total. The number of aromatic hydroxyl groups is 1. The largest absolute Gasteiger partial charge is 0.508 e. The van der Waals surface area contributed by atoms with E-state index < -0.39 is 4.92 Å². The molecule has 0 atom stereocenters. The van der Waals surface area contributed by atoms with Gasteiger partial charge in [0, 0.05) is 24.7 Å². The van der Waals surface area contributed by atoms with Crippen molar-refractivity contribution in [3.8, 4) is 17.1 Å². The Balaban J connectivity index is 1.59. The zero-order chi connectivity index (χ0) is 20.8. The summed E-state index contributed by atoms with van der Waals surface area (Å²) >= 11 is 1.16. The lowest BCUT2D eigenvalue weighted by Gasteiger charge is -2.04. The lowest BCUT2D eigenvalue weighted by molar-refractivity contribution is -0.384. The summed E-state index contributed by atoms with van der Waals surface area (Å²) in [6.45, 7) is 0. The van der Waals surface area contributed by atoms with Crippen molar-refractivity contribution in [1.82, 2.24) is 20.2 Å². The van der Waals surface area contributed by atoms with Crippen molar-refractivity contribution in [2.75, 3.05) is 5.75 Å². The summed E-state index contributed by atoms with van der Waals surface area (Å²) in [5.74, 6) is 0.278. The van der Waals surface area contributed by atoms with Crippen LogP contribution in [-0.2, 0) is 11.8 Å². The van der Waals surface area contributed by atoms with Gasteiger partial charge < -0.3 is 9.67 Å². The third-order valence-corrected chi connectivity index (χ3v) is 4.78. The fourth-order valence-electron chi connectivity index (χ4n) is 2.40. The van der Waals surface area contributed by atoms with Crippen LogP contribution in [0.3, 0.4) is 0 Å². The molecule has 3 aromatic rings. The molecule has 0 aliphatic carbocycles. The summed E-state index contributed by atoms with van der Waals surface area (Å²) in [7, 11) is 1.72. The number of carbonyl (C=O) groups is 1. The van der Waals surface area contributed by atoms with E-state index in [1.807, 2.05) is 0 Å². The highest BCUT2D eigenvalue weighted by molar-refractivity contribution is 7.99. The Kier molecular flexibility index (Phi) is 6.19. The molecule has 0 saturated carbocycles. The Morgan fingerprint density at radius 1 is 1.31 bits per heavy atom. The molecule has 1 amide bonds. The number of benzene rings is 2. The number of rotatable bonds is 7. The van der Waals surface area contributed by atoms with Gasteiger partial charge in [-0.15, -0.1) is 10.2 Å². The van der Waals surface area contributed by atoms with Crippen molar-refractivity contribution < 1.29 is 14.8 Å². The molecule has 2 aromatic carbocycles. The highest BCUT2D eigenvalue weighted by Crippen LogP contribution is 2.25. The van der Waals surface area contributed by atoms with E-state index in [4.69, 9.17) is 0 Å². The number of nitrogens with one attached hydrogen (secondary N) is 1. The van der Waals surface area contributed by atoms with E-state index in [0.717, 1.165) is 11.8 Å². The van der Waals surface area contributed by atoms with Crippen LogP contribution in [0.2, 0.25) is 0 Å². The minimum atomic E-state index is -0.475. The van der Waals surface area contributed by atoms with E-state index >= 15 is 0 Å². The van der Waals surface area contributed by atoms with E-state index in [9.17, 15) is 20.0 Å². The van der Waals surface area contributed by atoms with Crippen LogP contribution in [0.15, 0.2) is 58.8 Å². The number of hydrazone groups is 1. The monoisotopic (exact) mass is 412 g/mol. The van der Waals surface area contributed by atoms with Crippen molar-refractivity contribution in [1.29, 1.82) is 0 Å². The van der Waals surface area contributed by atoms with Crippen LogP contribution >= 0.6 is 11.8 Å². The summed E-state index contributed by atoms with van der Waals surface area (Å²) in [6, 6.07) is 12.6. The molecular formula is C18H16N6O4S. The summed E-state index contributed by atoms with van der Waals surface area (Å²) < 4.78 is 1.66. The number of phenols is 1. The number of amides is 1. The summed E-state index contributed by atoms with van der Waals surface area (Å²) in [4.78, 5) is 22.4. The molecule has 1 aromatic heterocycles. The first-order valence-electron chi connectivity index (χ1n) is 8.32. The Morgan fingerprint density at radius 3 is 2.86 bits per heavy atom. The molecule has 1 heterocycles. The van der Waals surface area contributed by atoms with Crippen LogP contribution in [0.5, 0.6) is 5.75 Å². The molecule has 3 rings (SSSR count). The van der Waals surface area contributed by atoms with Crippen molar-refractivity contribution in [2.24, 2.45) is 12.1 Å². The molecule has 0 bridgehead atoms. The Hall–Kier alpha value is -3.73. The molecule has 0 unspecified atom stereocenters. The van der Waals surface area contributed by atoms with E-state index in [1.165, 1.54) is 30.5 Å². The zero-order valence-electron chi connectivity index (χ0n) is 15.2. The van der Waals surface area contributed by atoms with E-state index in [1.54, 1.807) is 35.9 Å². The Labute approximate surface area is 169 Å². The fourth-order valence-corrected chi connectivity index (χ4v) is 3.10. The number of aromatic nitrogens is 3. The SMILES string of the molecule is Cn1c(SCC(=O)N/N=C/c2cccc(O)c2)nnc1-c1cccc([N+](=O)[O-])c1. The zero-order valence-corrected chi connectivity index (χ0v) is 16.0. The van der Waals surface area contributed by atoms with Crippen LogP contribution in [0, 0.1) is 10.1 Å². The highest BCUT2D eigenvalue weighted by atomic mass is 32.2. The summed E-state index contributed by atoms with van der Waals surface area (Å²) in [5, 5.41) is 32.7. The Morgan fingerprint density at radius 2 is 2.10 bits per heavy atom. The smallest absolute Gasteiger partial charge is 0.270 e. The molecule has 29 heavy (non-hydrogen) atoms. The average molecular weight is 412 g/mol. The van der Waals surface area contributed by atoms with Gasteiger partial charge >= 0.3 is 0 Å². The van der Waals surface area contributed by atoms with Gasteiger partial charge in [-0.1, -0.05) is 36.0 Å². The second kappa shape index (κ2) is 8.97.